The van der Waals surface area contributed by atoms with E-state index in [1.54, 1.807) is 6.07 Å². The summed E-state index contributed by atoms with van der Waals surface area (Å²) in [4.78, 5) is 25.0. The molecule has 0 bridgehead atoms. The maximum absolute atomic E-state index is 15.0. The highest BCUT2D eigenvalue weighted by Gasteiger charge is 2.20. The number of nitrogens with zero attached hydrogens (tertiary/aromatic N) is 4. The van der Waals surface area contributed by atoms with Crippen LogP contribution in [0.5, 0.6) is 0 Å². The lowest BCUT2D eigenvalue weighted by atomic mass is 9.98. The smallest absolute Gasteiger partial charge is 0.256 e. The molecule has 230 valence electrons. The van der Waals surface area contributed by atoms with Crippen molar-refractivity contribution in [2.45, 2.75) is 54.4 Å². The van der Waals surface area contributed by atoms with Crippen molar-refractivity contribution in [2.75, 3.05) is 38.0 Å². The first-order valence-electron chi connectivity index (χ1n) is 15.2. The number of nitrogens with one attached hydrogen (secondary N) is 2. The third-order valence-electron chi connectivity index (χ3n) is 7.17. The van der Waals surface area contributed by atoms with Gasteiger partial charge in [0.15, 0.2) is 5.65 Å². The van der Waals surface area contributed by atoms with E-state index in [0.29, 0.717) is 17.6 Å². The maximum Gasteiger partial charge on any atom is 0.256 e. The van der Waals surface area contributed by atoms with Gasteiger partial charge in [0.25, 0.3) is 5.56 Å². The first kappa shape index (κ1) is 33.4. The molecule has 0 fully saturated rings. The van der Waals surface area contributed by atoms with Gasteiger partial charge in [0.1, 0.15) is 17.3 Å². The van der Waals surface area contributed by atoms with Gasteiger partial charge in [-0.2, -0.15) is 4.98 Å². The third kappa shape index (κ3) is 7.84. The third-order valence-corrected chi connectivity index (χ3v) is 7.17. The van der Waals surface area contributed by atoms with Gasteiger partial charge in [-0.3, -0.25) is 9.36 Å². The monoisotopic (exact) mass is 590 g/mol. The van der Waals surface area contributed by atoms with E-state index in [0.717, 1.165) is 78.1 Å². The highest BCUT2D eigenvalue weighted by atomic mass is 19.1. The summed E-state index contributed by atoms with van der Waals surface area (Å²) in [5.74, 6) is -1.44. The molecule has 2 heterocycles. The molecule has 43 heavy (non-hydrogen) atoms. The minimum atomic E-state index is -0.857. The molecule has 0 aliphatic carbocycles. The molecule has 0 saturated heterocycles. The Balaban J connectivity index is 0.00000248. The number of hydrogen-bond donors (Lipinski definition) is 2. The molecule has 0 atom stereocenters. The second-order valence-electron chi connectivity index (χ2n) is 9.95. The molecule has 2 N–H and O–H groups in total. The molecule has 9 heteroatoms. The van der Waals surface area contributed by atoms with E-state index in [1.807, 2.05) is 39.0 Å². The lowest BCUT2D eigenvalue weighted by Gasteiger charge is -2.19. The van der Waals surface area contributed by atoms with Crippen LogP contribution in [0.25, 0.3) is 33.7 Å². The number of para-hydroxylation sites is 1. The number of benzene rings is 2. The topological polar surface area (TPSA) is 75.1 Å². The van der Waals surface area contributed by atoms with E-state index in [9.17, 15) is 13.6 Å². The molecule has 0 spiro atoms. The van der Waals surface area contributed by atoms with Crippen molar-refractivity contribution >= 4 is 22.7 Å². The summed E-state index contributed by atoms with van der Waals surface area (Å²) in [6.45, 7) is 20.7. The predicted octanol–water partition coefficient (Wildman–Crippen LogP) is 7.17. The van der Waals surface area contributed by atoms with Crippen molar-refractivity contribution < 1.29 is 8.78 Å². The Morgan fingerprint density at radius 1 is 0.977 bits per heavy atom. The molecular formula is C34H44F2N6O. The van der Waals surface area contributed by atoms with Crippen LogP contribution in [0.15, 0.2) is 59.9 Å². The molecular weight excluding hydrogens is 546 g/mol. The van der Waals surface area contributed by atoms with Gasteiger partial charge < -0.3 is 15.5 Å². The van der Waals surface area contributed by atoms with Crippen molar-refractivity contribution in [1.29, 1.82) is 0 Å². The average Bonchev–Trinajstić information content (AvgIpc) is 3.01. The zero-order valence-electron chi connectivity index (χ0n) is 26.2. The van der Waals surface area contributed by atoms with Crippen molar-refractivity contribution in [2.24, 2.45) is 0 Å². The summed E-state index contributed by atoms with van der Waals surface area (Å²) in [7, 11) is 0. The van der Waals surface area contributed by atoms with Crippen molar-refractivity contribution in [3.05, 3.63) is 88.2 Å². The quantitative estimate of drug-likeness (QED) is 0.161. The number of pyridine rings is 1. The molecule has 0 aliphatic rings. The summed E-state index contributed by atoms with van der Waals surface area (Å²) in [6.07, 6.45) is 1.81. The summed E-state index contributed by atoms with van der Waals surface area (Å²) in [6, 6.07) is 12.4. The molecule has 0 amide bonds. The summed E-state index contributed by atoms with van der Waals surface area (Å²) in [5.41, 5.74) is 3.03. The van der Waals surface area contributed by atoms with Gasteiger partial charge in [0.2, 0.25) is 5.95 Å². The fourth-order valence-corrected chi connectivity index (χ4v) is 4.80. The number of fused-ring (bicyclic) bond motifs is 1. The number of aryl methyl sites for hydroxylation is 1. The fourth-order valence-electron chi connectivity index (χ4n) is 4.80. The van der Waals surface area contributed by atoms with E-state index in [2.05, 4.69) is 47.9 Å². The van der Waals surface area contributed by atoms with Gasteiger partial charge >= 0.3 is 0 Å². The van der Waals surface area contributed by atoms with Gasteiger partial charge in [0, 0.05) is 35.8 Å². The van der Waals surface area contributed by atoms with Crippen LogP contribution < -0.4 is 16.2 Å². The van der Waals surface area contributed by atoms with Crippen LogP contribution in [-0.2, 0) is 0 Å². The second-order valence-corrected chi connectivity index (χ2v) is 9.95. The Bertz CT molecular complexity index is 1580. The Morgan fingerprint density at radius 3 is 2.33 bits per heavy atom. The van der Waals surface area contributed by atoms with E-state index >= 15 is 0 Å². The van der Waals surface area contributed by atoms with Gasteiger partial charge in [-0.05, 0) is 74.8 Å². The Kier molecular flexibility index (Phi) is 12.4. The standard InChI is InChI=1S/C32H38F2N6O.C2H6/c1-6-17-35-22(5)23-14-13-21(4)25(20-23)29-24-15-16-28(41)40(30-26(33)11-9-12-27(30)34)31(24)38-32(37-29)36-18-10-19-39(7-2)8-3;1-2/h9,11-16,20,35H,5-8,10,17-19H2,1-4H3,(H,36,37,38);1-2H3. The Morgan fingerprint density at radius 2 is 1.67 bits per heavy atom. The predicted molar refractivity (Wildman–Crippen MR) is 175 cm³/mol. The SMILES string of the molecule is C=C(NCCC)c1ccc(C)c(-c2nc(NCCCN(CC)CC)nc3c2ccc(=O)n3-c2c(F)cccc2F)c1.CC. The van der Waals surface area contributed by atoms with E-state index in [1.165, 1.54) is 12.1 Å². The highest BCUT2D eigenvalue weighted by Crippen LogP contribution is 2.32. The Labute approximate surface area is 253 Å². The summed E-state index contributed by atoms with van der Waals surface area (Å²) >= 11 is 0. The molecule has 0 saturated carbocycles. The van der Waals surface area contributed by atoms with Crippen LogP contribution in [0.1, 0.15) is 58.6 Å². The highest BCUT2D eigenvalue weighted by molar-refractivity contribution is 5.93. The molecule has 2 aromatic heterocycles. The van der Waals surface area contributed by atoms with E-state index in [4.69, 9.17) is 4.98 Å². The molecule has 7 nitrogen and oxygen atoms in total. The van der Waals surface area contributed by atoms with Crippen LogP contribution in [0.3, 0.4) is 0 Å². The molecule has 2 aromatic carbocycles. The summed E-state index contributed by atoms with van der Waals surface area (Å²) in [5, 5.41) is 7.10. The van der Waals surface area contributed by atoms with Crippen molar-refractivity contribution in [1.82, 2.24) is 24.8 Å². The fraction of sp³-hybridized carbons (Fsp3) is 0.382. The number of halogens is 2. The molecule has 4 rings (SSSR count). The molecule has 0 unspecified atom stereocenters. The number of rotatable bonds is 13. The van der Waals surface area contributed by atoms with Crippen molar-refractivity contribution in [3.8, 4) is 16.9 Å². The number of anilines is 1. The van der Waals surface area contributed by atoms with Crippen LogP contribution >= 0.6 is 0 Å². The van der Waals surface area contributed by atoms with Crippen molar-refractivity contribution in [3.63, 3.8) is 0 Å². The zero-order chi connectivity index (χ0) is 31.5. The summed E-state index contributed by atoms with van der Waals surface area (Å²) < 4.78 is 31.0. The minimum absolute atomic E-state index is 0.116. The second kappa shape index (κ2) is 15.9. The number of aromatic nitrogens is 3. The molecule has 4 aromatic rings. The van der Waals surface area contributed by atoms with Crippen LogP contribution in [0.2, 0.25) is 0 Å². The normalized spacial score (nSPS) is 10.9. The van der Waals surface area contributed by atoms with Gasteiger partial charge in [-0.1, -0.05) is 59.4 Å². The van der Waals surface area contributed by atoms with E-state index < -0.39 is 22.9 Å². The number of hydrogen-bond acceptors (Lipinski definition) is 6. The van der Waals surface area contributed by atoms with E-state index in [-0.39, 0.29) is 11.6 Å². The molecule has 0 radical (unpaired) electrons. The first-order valence-corrected chi connectivity index (χ1v) is 15.2. The largest absolute Gasteiger partial charge is 0.385 e. The van der Waals surface area contributed by atoms with Crippen LogP contribution in [0, 0.1) is 18.6 Å². The lowest BCUT2D eigenvalue weighted by molar-refractivity contribution is 0.303. The minimum Gasteiger partial charge on any atom is -0.385 e. The lowest BCUT2D eigenvalue weighted by Crippen LogP contribution is -2.25. The Hall–Kier alpha value is -4.11. The first-order chi connectivity index (χ1) is 20.8. The maximum atomic E-state index is 15.0. The zero-order valence-corrected chi connectivity index (χ0v) is 26.2. The average molecular weight is 591 g/mol. The molecule has 0 aliphatic heterocycles. The van der Waals surface area contributed by atoms with Crippen LogP contribution in [-0.4, -0.2) is 52.2 Å². The van der Waals surface area contributed by atoms with Gasteiger partial charge in [-0.25, -0.2) is 13.8 Å². The van der Waals surface area contributed by atoms with Crippen LogP contribution in [0.4, 0.5) is 14.7 Å². The van der Waals surface area contributed by atoms with Gasteiger partial charge in [0.05, 0.1) is 5.69 Å². The van der Waals surface area contributed by atoms with Gasteiger partial charge in [-0.15, -0.1) is 0 Å².